The normalized spacial score (nSPS) is 14.7. The van der Waals surface area contributed by atoms with Crippen molar-refractivity contribution in [1.82, 2.24) is 20.2 Å². The second kappa shape index (κ2) is 9.01. The molecule has 1 aliphatic heterocycles. The number of hydrogen-bond acceptors (Lipinski definition) is 5. The van der Waals surface area contributed by atoms with Crippen LogP contribution in [-0.2, 0) is 0 Å². The van der Waals surface area contributed by atoms with Crippen molar-refractivity contribution in [2.75, 3.05) is 38.5 Å². The first-order chi connectivity index (χ1) is 14.2. The van der Waals surface area contributed by atoms with Crippen LogP contribution in [0.25, 0.3) is 22.0 Å². The highest BCUT2D eigenvalue weighted by Gasteiger charge is 2.10. The minimum absolute atomic E-state index is 0.0868. The van der Waals surface area contributed by atoms with Crippen LogP contribution in [0.2, 0.25) is 0 Å². The monoisotopic (exact) mass is 389 g/mol. The number of fused-ring (bicyclic) bond motifs is 1. The van der Waals surface area contributed by atoms with Crippen molar-refractivity contribution >= 4 is 22.8 Å². The molecule has 4 rings (SSSR count). The fraction of sp³-hybridized carbons (Fsp3) is 0.348. The van der Waals surface area contributed by atoms with Crippen LogP contribution in [0.4, 0.5) is 5.95 Å². The van der Waals surface area contributed by atoms with Gasteiger partial charge < -0.3 is 15.5 Å². The number of nitrogens with one attached hydrogen (secondary N) is 2. The molecule has 150 valence electrons. The first kappa shape index (κ1) is 19.3. The molecule has 2 aromatic carbocycles. The first-order valence-electron chi connectivity index (χ1n) is 10.3. The quantitative estimate of drug-likeness (QED) is 0.675. The summed E-state index contributed by atoms with van der Waals surface area (Å²) in [7, 11) is 1.64. The lowest BCUT2D eigenvalue weighted by Gasteiger charge is -2.26. The molecule has 2 N–H and O–H groups in total. The molecule has 6 heteroatoms. The predicted octanol–water partition coefficient (Wildman–Crippen LogP) is 3.55. The second-order valence-electron chi connectivity index (χ2n) is 7.46. The molecule has 1 aromatic heterocycles. The van der Waals surface area contributed by atoms with Gasteiger partial charge in [-0.15, -0.1) is 0 Å². The number of hydrogen-bond donors (Lipinski definition) is 2. The number of carbonyl (C=O) groups excluding carboxylic acids is 1. The minimum atomic E-state index is -0.0868. The maximum atomic E-state index is 11.9. The van der Waals surface area contributed by atoms with E-state index in [2.05, 4.69) is 31.6 Å². The minimum Gasteiger partial charge on any atom is -0.355 e. The van der Waals surface area contributed by atoms with E-state index >= 15 is 0 Å². The highest BCUT2D eigenvalue weighted by Crippen LogP contribution is 2.24. The SMILES string of the molecule is CNC(=O)c1cccc(-c2ccc3nc(NCCN4CCCCC4)ncc3c2)c1. The van der Waals surface area contributed by atoms with Gasteiger partial charge in [0.05, 0.1) is 5.52 Å². The topological polar surface area (TPSA) is 70.2 Å². The van der Waals surface area contributed by atoms with Crippen molar-refractivity contribution in [1.29, 1.82) is 0 Å². The lowest BCUT2D eigenvalue weighted by molar-refractivity contribution is 0.0963. The van der Waals surface area contributed by atoms with Crippen molar-refractivity contribution in [3.63, 3.8) is 0 Å². The molecule has 1 saturated heterocycles. The Morgan fingerprint density at radius 1 is 1.07 bits per heavy atom. The standard InChI is InChI=1S/C23H27N5O/c1-24-22(29)19-7-5-6-17(14-19)18-8-9-21-20(15-18)16-26-23(27-21)25-10-13-28-11-3-2-4-12-28/h5-9,14-16H,2-4,10-13H2,1H3,(H,24,29)(H,25,26,27). The van der Waals surface area contributed by atoms with Gasteiger partial charge >= 0.3 is 0 Å². The number of likely N-dealkylation sites (tertiary alicyclic amines) is 1. The van der Waals surface area contributed by atoms with E-state index in [0.29, 0.717) is 11.5 Å². The summed E-state index contributed by atoms with van der Waals surface area (Å²) in [5.74, 6) is 0.583. The van der Waals surface area contributed by atoms with Gasteiger partial charge in [0, 0.05) is 37.3 Å². The van der Waals surface area contributed by atoms with Crippen LogP contribution in [0, 0.1) is 0 Å². The zero-order valence-corrected chi connectivity index (χ0v) is 16.8. The zero-order chi connectivity index (χ0) is 20.1. The van der Waals surface area contributed by atoms with Crippen molar-refractivity contribution in [3.05, 3.63) is 54.2 Å². The van der Waals surface area contributed by atoms with Crippen molar-refractivity contribution in [3.8, 4) is 11.1 Å². The van der Waals surface area contributed by atoms with E-state index in [1.807, 2.05) is 42.6 Å². The molecule has 0 saturated carbocycles. The van der Waals surface area contributed by atoms with Gasteiger partial charge in [-0.25, -0.2) is 9.97 Å². The van der Waals surface area contributed by atoms with Gasteiger partial charge in [0.1, 0.15) is 0 Å². The van der Waals surface area contributed by atoms with Gasteiger partial charge in [0.15, 0.2) is 0 Å². The summed E-state index contributed by atoms with van der Waals surface area (Å²) in [6.45, 7) is 4.28. The van der Waals surface area contributed by atoms with Crippen LogP contribution in [-0.4, -0.2) is 54.0 Å². The van der Waals surface area contributed by atoms with E-state index in [9.17, 15) is 4.79 Å². The first-order valence-corrected chi connectivity index (χ1v) is 10.3. The lowest BCUT2D eigenvalue weighted by Crippen LogP contribution is -2.33. The summed E-state index contributed by atoms with van der Waals surface area (Å²) in [4.78, 5) is 23.5. The number of nitrogens with zero attached hydrogens (tertiary/aromatic N) is 3. The molecule has 6 nitrogen and oxygen atoms in total. The van der Waals surface area contributed by atoms with Crippen LogP contribution in [0.1, 0.15) is 29.6 Å². The highest BCUT2D eigenvalue weighted by atomic mass is 16.1. The largest absolute Gasteiger partial charge is 0.355 e. The van der Waals surface area contributed by atoms with Crippen LogP contribution in [0.3, 0.4) is 0 Å². The van der Waals surface area contributed by atoms with E-state index in [1.54, 1.807) is 7.05 Å². The molecule has 1 fully saturated rings. The molecule has 29 heavy (non-hydrogen) atoms. The van der Waals surface area contributed by atoms with Crippen LogP contribution < -0.4 is 10.6 Å². The van der Waals surface area contributed by atoms with Gasteiger partial charge in [0.25, 0.3) is 5.91 Å². The third kappa shape index (κ3) is 4.71. The molecule has 0 aliphatic carbocycles. The number of carbonyl (C=O) groups is 1. The van der Waals surface area contributed by atoms with Gasteiger partial charge in [-0.2, -0.15) is 0 Å². The van der Waals surface area contributed by atoms with E-state index in [4.69, 9.17) is 0 Å². The molecule has 2 heterocycles. The Bertz CT molecular complexity index is 997. The maximum absolute atomic E-state index is 11.9. The van der Waals surface area contributed by atoms with Crippen LogP contribution in [0.5, 0.6) is 0 Å². The number of amides is 1. The average molecular weight is 390 g/mol. The Balaban J connectivity index is 1.46. The Labute approximate surface area is 171 Å². The van der Waals surface area contributed by atoms with Gasteiger partial charge in [0.2, 0.25) is 5.95 Å². The van der Waals surface area contributed by atoms with E-state index in [-0.39, 0.29) is 5.91 Å². The molecule has 3 aromatic rings. The van der Waals surface area contributed by atoms with Gasteiger partial charge in [-0.3, -0.25) is 4.79 Å². The van der Waals surface area contributed by atoms with Crippen molar-refractivity contribution in [2.45, 2.75) is 19.3 Å². The van der Waals surface area contributed by atoms with Crippen LogP contribution >= 0.6 is 0 Å². The van der Waals surface area contributed by atoms with Gasteiger partial charge in [-0.05, 0) is 61.3 Å². The smallest absolute Gasteiger partial charge is 0.251 e. The summed E-state index contributed by atoms with van der Waals surface area (Å²) in [6, 6.07) is 13.7. The summed E-state index contributed by atoms with van der Waals surface area (Å²) in [6.07, 6.45) is 5.83. The van der Waals surface area contributed by atoms with Crippen molar-refractivity contribution in [2.24, 2.45) is 0 Å². The highest BCUT2D eigenvalue weighted by molar-refractivity contribution is 5.95. The number of anilines is 1. The Morgan fingerprint density at radius 3 is 2.72 bits per heavy atom. The molecule has 0 bridgehead atoms. The number of piperidine rings is 1. The molecule has 1 amide bonds. The second-order valence-corrected chi connectivity index (χ2v) is 7.46. The van der Waals surface area contributed by atoms with E-state index < -0.39 is 0 Å². The summed E-state index contributed by atoms with van der Waals surface area (Å²) in [5.41, 5.74) is 3.59. The fourth-order valence-corrected chi connectivity index (χ4v) is 3.79. The van der Waals surface area contributed by atoms with E-state index in [1.165, 1.54) is 32.4 Å². The third-order valence-electron chi connectivity index (χ3n) is 5.42. The summed E-state index contributed by atoms with van der Waals surface area (Å²) >= 11 is 0. The predicted molar refractivity (Wildman–Crippen MR) is 117 cm³/mol. The Kier molecular flexibility index (Phi) is 6.00. The van der Waals surface area contributed by atoms with Gasteiger partial charge in [-0.1, -0.05) is 24.6 Å². The van der Waals surface area contributed by atoms with Crippen molar-refractivity contribution < 1.29 is 4.79 Å². The Morgan fingerprint density at radius 2 is 1.90 bits per heavy atom. The molecule has 0 unspecified atom stereocenters. The van der Waals surface area contributed by atoms with E-state index in [0.717, 1.165) is 35.1 Å². The number of aromatic nitrogens is 2. The molecule has 0 spiro atoms. The third-order valence-corrected chi connectivity index (χ3v) is 5.42. The number of rotatable bonds is 6. The molecule has 0 atom stereocenters. The molecule has 1 aliphatic rings. The maximum Gasteiger partial charge on any atom is 0.251 e. The Hall–Kier alpha value is -2.99. The molecule has 0 radical (unpaired) electrons. The lowest BCUT2D eigenvalue weighted by atomic mass is 10.0. The number of benzene rings is 2. The summed E-state index contributed by atoms with van der Waals surface area (Å²) < 4.78 is 0. The van der Waals surface area contributed by atoms with Crippen LogP contribution in [0.15, 0.2) is 48.7 Å². The fourth-order valence-electron chi connectivity index (χ4n) is 3.79. The molecular weight excluding hydrogens is 362 g/mol. The summed E-state index contributed by atoms with van der Waals surface area (Å²) in [5, 5.41) is 6.99. The zero-order valence-electron chi connectivity index (χ0n) is 16.8. The molecular formula is C23H27N5O. The average Bonchev–Trinajstić information content (AvgIpc) is 2.79.